The molecule has 0 radical (unpaired) electrons. The van der Waals surface area contributed by atoms with Crippen LogP contribution in [-0.4, -0.2) is 5.11 Å². The maximum absolute atomic E-state index is 10.9. The maximum Gasteiger partial charge on any atom is 0.136 e. The number of furan rings is 1. The molecule has 1 saturated carbocycles. The van der Waals surface area contributed by atoms with Gasteiger partial charge in [-0.1, -0.05) is 25.4 Å². The number of aliphatic hydroxyl groups is 1. The molecule has 1 aromatic heterocycles. The van der Waals surface area contributed by atoms with Gasteiger partial charge in [-0.15, -0.1) is 0 Å². The van der Waals surface area contributed by atoms with Crippen molar-refractivity contribution in [3.8, 4) is 0 Å². The third-order valence-electron chi connectivity index (χ3n) is 4.15. The Morgan fingerprint density at radius 3 is 2.74 bits per heavy atom. The number of rotatable bonds is 1. The van der Waals surface area contributed by atoms with E-state index in [9.17, 15) is 5.11 Å². The zero-order valence-corrected chi connectivity index (χ0v) is 12.1. The highest BCUT2D eigenvalue weighted by molar-refractivity contribution is 6.31. The van der Waals surface area contributed by atoms with Gasteiger partial charge in [0.25, 0.3) is 0 Å². The minimum Gasteiger partial charge on any atom is -0.458 e. The topological polar surface area (TPSA) is 33.4 Å². The average Bonchev–Trinajstić information content (AvgIpc) is 2.70. The standard InChI is InChI=1S/C16H19ClO2/c1-15(2)6-3-7-16(18,10-15)14-9-11-8-12(17)4-5-13(11)19-14/h4-5,8-9,18H,3,6-7,10H2,1-2H3. The molecule has 1 aromatic carbocycles. The molecule has 1 fully saturated rings. The van der Waals surface area contributed by atoms with Crippen molar-refractivity contribution in [2.45, 2.75) is 45.1 Å². The summed E-state index contributed by atoms with van der Waals surface area (Å²) in [5, 5.41) is 12.6. The van der Waals surface area contributed by atoms with Gasteiger partial charge in [-0.25, -0.2) is 0 Å². The van der Waals surface area contributed by atoms with E-state index in [1.54, 1.807) is 0 Å². The van der Waals surface area contributed by atoms with Crippen LogP contribution in [0.3, 0.4) is 0 Å². The van der Waals surface area contributed by atoms with Crippen molar-refractivity contribution in [3.05, 3.63) is 35.0 Å². The summed E-state index contributed by atoms with van der Waals surface area (Å²) in [7, 11) is 0. The van der Waals surface area contributed by atoms with Crippen LogP contribution >= 0.6 is 11.6 Å². The Bertz CT molecular complexity index is 614. The second kappa shape index (κ2) is 4.26. The van der Waals surface area contributed by atoms with Gasteiger partial charge in [-0.3, -0.25) is 0 Å². The second-order valence-corrected chi connectivity index (χ2v) is 6.96. The summed E-state index contributed by atoms with van der Waals surface area (Å²) in [6, 6.07) is 7.48. The molecule has 0 amide bonds. The minimum atomic E-state index is -0.840. The van der Waals surface area contributed by atoms with Gasteiger partial charge >= 0.3 is 0 Å². The van der Waals surface area contributed by atoms with Crippen LogP contribution in [-0.2, 0) is 5.60 Å². The lowest BCUT2D eigenvalue weighted by atomic mass is 9.69. The lowest BCUT2D eigenvalue weighted by molar-refractivity contribution is -0.0585. The highest BCUT2D eigenvalue weighted by Crippen LogP contribution is 2.47. The van der Waals surface area contributed by atoms with Gasteiger partial charge < -0.3 is 9.52 Å². The number of benzene rings is 1. The fraction of sp³-hybridized carbons (Fsp3) is 0.500. The van der Waals surface area contributed by atoms with Crippen LogP contribution in [0.15, 0.2) is 28.7 Å². The zero-order valence-electron chi connectivity index (χ0n) is 11.4. The van der Waals surface area contributed by atoms with Crippen LogP contribution in [0.1, 0.15) is 45.3 Å². The molecule has 0 bridgehead atoms. The molecule has 3 rings (SSSR count). The summed E-state index contributed by atoms with van der Waals surface area (Å²) in [5.41, 5.74) is 0.104. The van der Waals surface area contributed by atoms with Crippen molar-refractivity contribution in [2.24, 2.45) is 5.41 Å². The first-order chi connectivity index (χ1) is 8.88. The van der Waals surface area contributed by atoms with Crippen LogP contribution in [0.25, 0.3) is 11.0 Å². The van der Waals surface area contributed by atoms with Gasteiger partial charge in [0.2, 0.25) is 0 Å². The van der Waals surface area contributed by atoms with E-state index < -0.39 is 5.60 Å². The van der Waals surface area contributed by atoms with Gasteiger partial charge in [-0.05, 0) is 55.4 Å². The molecule has 1 heterocycles. The molecule has 2 nitrogen and oxygen atoms in total. The van der Waals surface area contributed by atoms with E-state index in [1.807, 2.05) is 24.3 Å². The SMILES string of the molecule is CC1(C)CCCC(O)(c2cc3cc(Cl)ccc3o2)C1. The van der Waals surface area contributed by atoms with Crippen molar-refractivity contribution < 1.29 is 9.52 Å². The van der Waals surface area contributed by atoms with E-state index in [0.29, 0.717) is 10.8 Å². The lowest BCUT2D eigenvalue weighted by Crippen LogP contribution is -2.36. The van der Waals surface area contributed by atoms with Crippen molar-refractivity contribution in [2.75, 3.05) is 0 Å². The maximum atomic E-state index is 10.9. The fourth-order valence-corrected chi connectivity index (χ4v) is 3.46. The van der Waals surface area contributed by atoms with Gasteiger partial charge in [0.05, 0.1) is 0 Å². The largest absolute Gasteiger partial charge is 0.458 e. The van der Waals surface area contributed by atoms with Crippen LogP contribution in [0.4, 0.5) is 0 Å². The first-order valence-corrected chi connectivity index (χ1v) is 7.18. The molecule has 1 unspecified atom stereocenters. The molecule has 0 aliphatic heterocycles. The second-order valence-electron chi connectivity index (χ2n) is 6.52. The van der Waals surface area contributed by atoms with E-state index in [-0.39, 0.29) is 5.41 Å². The van der Waals surface area contributed by atoms with E-state index in [2.05, 4.69) is 13.8 Å². The Labute approximate surface area is 118 Å². The molecule has 0 spiro atoms. The number of hydrogen-bond donors (Lipinski definition) is 1. The van der Waals surface area contributed by atoms with Crippen LogP contribution in [0.2, 0.25) is 5.02 Å². The third kappa shape index (κ3) is 2.39. The molecule has 3 heteroatoms. The Morgan fingerprint density at radius 1 is 1.21 bits per heavy atom. The van der Waals surface area contributed by atoms with Crippen molar-refractivity contribution in [1.29, 1.82) is 0 Å². The smallest absolute Gasteiger partial charge is 0.136 e. The summed E-state index contributed by atoms with van der Waals surface area (Å²) < 4.78 is 5.85. The van der Waals surface area contributed by atoms with Crippen molar-refractivity contribution in [1.82, 2.24) is 0 Å². The highest BCUT2D eigenvalue weighted by Gasteiger charge is 2.42. The van der Waals surface area contributed by atoms with Crippen LogP contribution < -0.4 is 0 Å². The highest BCUT2D eigenvalue weighted by atomic mass is 35.5. The monoisotopic (exact) mass is 278 g/mol. The average molecular weight is 279 g/mol. The van der Waals surface area contributed by atoms with E-state index in [0.717, 1.165) is 36.7 Å². The van der Waals surface area contributed by atoms with Gasteiger partial charge in [-0.2, -0.15) is 0 Å². The summed E-state index contributed by atoms with van der Waals surface area (Å²) in [4.78, 5) is 0. The molecule has 19 heavy (non-hydrogen) atoms. The minimum absolute atomic E-state index is 0.156. The summed E-state index contributed by atoms with van der Waals surface area (Å²) >= 11 is 5.99. The molecule has 1 aliphatic rings. The molecule has 1 aliphatic carbocycles. The first-order valence-electron chi connectivity index (χ1n) is 6.80. The summed E-state index contributed by atoms with van der Waals surface area (Å²) in [6.07, 6.45) is 3.69. The Morgan fingerprint density at radius 2 is 2.00 bits per heavy atom. The Balaban J connectivity index is 2.03. The van der Waals surface area contributed by atoms with Gasteiger partial charge in [0.1, 0.15) is 16.9 Å². The van der Waals surface area contributed by atoms with E-state index in [4.69, 9.17) is 16.0 Å². The van der Waals surface area contributed by atoms with Crippen molar-refractivity contribution >= 4 is 22.6 Å². The molecule has 0 saturated heterocycles. The normalized spacial score (nSPS) is 26.7. The summed E-state index contributed by atoms with van der Waals surface area (Å²) in [6.45, 7) is 4.41. The van der Waals surface area contributed by atoms with Gasteiger partial charge in [0, 0.05) is 10.4 Å². The van der Waals surface area contributed by atoms with Crippen LogP contribution in [0, 0.1) is 5.41 Å². The summed E-state index contributed by atoms with van der Waals surface area (Å²) in [5.74, 6) is 0.678. The molecule has 1 N–H and O–H groups in total. The Hall–Kier alpha value is -0.990. The van der Waals surface area contributed by atoms with Crippen molar-refractivity contribution in [3.63, 3.8) is 0 Å². The Kier molecular flexibility index (Phi) is 2.91. The lowest BCUT2D eigenvalue weighted by Gasteiger charge is -2.40. The van der Waals surface area contributed by atoms with Crippen LogP contribution in [0.5, 0.6) is 0 Å². The van der Waals surface area contributed by atoms with E-state index in [1.165, 1.54) is 0 Å². The molecule has 1 atom stereocenters. The molecule has 2 aromatic rings. The third-order valence-corrected chi connectivity index (χ3v) is 4.39. The first kappa shape index (κ1) is 13.0. The van der Waals surface area contributed by atoms with Gasteiger partial charge in [0.15, 0.2) is 0 Å². The predicted molar refractivity (Wildman–Crippen MR) is 77.4 cm³/mol. The zero-order chi connectivity index (χ0) is 13.7. The number of halogens is 1. The molecular formula is C16H19ClO2. The van der Waals surface area contributed by atoms with E-state index >= 15 is 0 Å². The quantitative estimate of drug-likeness (QED) is 0.807. The molecular weight excluding hydrogens is 260 g/mol. The fourth-order valence-electron chi connectivity index (χ4n) is 3.28. The predicted octanol–water partition coefficient (Wildman–Crippen LogP) is 4.87. The molecule has 102 valence electrons. The number of fused-ring (bicyclic) bond motifs is 1. The number of hydrogen-bond acceptors (Lipinski definition) is 2.